The average Bonchev–Trinajstić information content (AvgIpc) is 3.40. The zero-order chi connectivity index (χ0) is 27.9. The third-order valence-electron chi connectivity index (χ3n) is 4.37. The van der Waals surface area contributed by atoms with Crippen LogP contribution in [0.3, 0.4) is 0 Å². The third-order valence-corrected chi connectivity index (χ3v) is 4.37. The Hall–Kier alpha value is -3.28. The van der Waals surface area contributed by atoms with Gasteiger partial charge in [0.15, 0.2) is 18.3 Å². The maximum absolute atomic E-state index is 10.6. The van der Waals surface area contributed by atoms with Crippen molar-refractivity contribution in [2.75, 3.05) is 19.8 Å². The standard InChI is InChI=1S/3C6H8O6.Cr/c3*7-1-2(8)5-3(9)4(10)6(11)12-5;/h3*2,5,7-10H,1H2;/q;;;+3/p-3/t3*2-,5+;/m000./s1. The first-order valence-electron chi connectivity index (χ1n) is 9.53. The van der Waals surface area contributed by atoms with E-state index in [1.807, 2.05) is 0 Å². The van der Waals surface area contributed by atoms with Crippen LogP contribution >= 0.6 is 0 Å². The first-order chi connectivity index (χ1) is 16.7. The van der Waals surface area contributed by atoms with E-state index in [9.17, 15) is 29.7 Å². The Kier molecular flexibility index (Phi) is 13.2. The molecule has 0 spiro atoms. The molecule has 19 heteroatoms. The molecule has 18 nitrogen and oxygen atoms in total. The zero-order valence-corrected chi connectivity index (χ0v) is 19.5. The quantitative estimate of drug-likeness (QED) is 0.104. The Bertz CT molecular complexity index is 822. The van der Waals surface area contributed by atoms with Crippen LogP contribution in [-0.4, -0.2) is 120 Å². The van der Waals surface area contributed by atoms with Crippen molar-refractivity contribution >= 4 is 17.9 Å². The van der Waals surface area contributed by atoms with Gasteiger partial charge in [-0.3, -0.25) is 0 Å². The molecule has 1 radical (unpaired) electrons. The van der Waals surface area contributed by atoms with Gasteiger partial charge in [0.25, 0.3) is 0 Å². The summed E-state index contributed by atoms with van der Waals surface area (Å²) in [6, 6.07) is 0. The normalized spacial score (nSPS) is 25.1. The largest absolute Gasteiger partial charge is 3.00 e. The van der Waals surface area contributed by atoms with E-state index in [2.05, 4.69) is 14.2 Å². The molecule has 6 atom stereocenters. The molecule has 3 aliphatic heterocycles. The van der Waals surface area contributed by atoms with Gasteiger partial charge in [0, 0.05) is 17.3 Å². The van der Waals surface area contributed by atoms with Crippen molar-refractivity contribution in [2.45, 2.75) is 36.6 Å². The summed E-state index contributed by atoms with van der Waals surface area (Å²) in [5.41, 5.74) is 0. The van der Waals surface area contributed by atoms with Crippen LogP contribution in [0.4, 0.5) is 0 Å². The number of carbonyl (C=O) groups is 3. The molecule has 3 rings (SSSR count). The minimum Gasteiger partial charge on any atom is -0.865 e. The van der Waals surface area contributed by atoms with Crippen molar-refractivity contribution in [3.05, 3.63) is 34.6 Å². The molecule has 0 fully saturated rings. The van der Waals surface area contributed by atoms with Crippen molar-refractivity contribution in [3.63, 3.8) is 0 Å². The Balaban J connectivity index is 0.000000518. The van der Waals surface area contributed by atoms with Crippen molar-refractivity contribution in [1.29, 1.82) is 0 Å². The van der Waals surface area contributed by atoms with E-state index in [1.165, 1.54) is 0 Å². The molecular formula is C18H21CrO18. The van der Waals surface area contributed by atoms with E-state index in [0.717, 1.165) is 0 Å². The Labute approximate surface area is 216 Å². The number of aliphatic hydroxyl groups is 9. The van der Waals surface area contributed by atoms with Crippen LogP contribution in [-0.2, 0) is 46.0 Å². The third kappa shape index (κ3) is 7.85. The number of hydrogen-bond donors (Lipinski definition) is 9. The molecule has 207 valence electrons. The monoisotopic (exact) mass is 577 g/mol. The summed E-state index contributed by atoms with van der Waals surface area (Å²) in [6.07, 6.45) is -8.64. The zero-order valence-electron chi connectivity index (χ0n) is 18.2. The van der Waals surface area contributed by atoms with Gasteiger partial charge in [-0.2, -0.15) is 0 Å². The Morgan fingerprint density at radius 1 is 0.568 bits per heavy atom. The number of cyclic esters (lactones) is 3. The molecule has 0 unspecified atom stereocenters. The molecule has 0 aromatic rings. The van der Waals surface area contributed by atoms with Gasteiger partial charge < -0.3 is 75.5 Å². The molecule has 0 aromatic carbocycles. The van der Waals surface area contributed by atoms with E-state index in [-0.39, 0.29) is 17.4 Å². The summed E-state index contributed by atoms with van der Waals surface area (Å²) in [6.45, 7) is -2.10. The fourth-order valence-corrected chi connectivity index (χ4v) is 2.44. The fraction of sp³-hybridized carbons (Fsp3) is 0.500. The second kappa shape index (κ2) is 14.5. The molecule has 9 N–H and O–H groups in total. The molecule has 3 heterocycles. The number of esters is 3. The van der Waals surface area contributed by atoms with E-state index >= 15 is 0 Å². The van der Waals surface area contributed by atoms with Gasteiger partial charge in [-0.1, -0.05) is 0 Å². The van der Waals surface area contributed by atoms with Crippen LogP contribution in [0.5, 0.6) is 0 Å². The topological polar surface area (TPSA) is 330 Å². The average molecular weight is 577 g/mol. The van der Waals surface area contributed by atoms with Gasteiger partial charge in [0.05, 0.1) is 19.8 Å². The van der Waals surface area contributed by atoms with E-state index in [0.29, 0.717) is 0 Å². The summed E-state index contributed by atoms with van der Waals surface area (Å²) in [5.74, 6) is -9.75. The van der Waals surface area contributed by atoms with E-state index in [1.54, 1.807) is 0 Å². The number of hydrogen-bond acceptors (Lipinski definition) is 18. The van der Waals surface area contributed by atoms with Gasteiger partial charge in [0.1, 0.15) is 35.6 Å². The van der Waals surface area contributed by atoms with Gasteiger partial charge >= 0.3 is 35.3 Å². The summed E-state index contributed by atoms with van der Waals surface area (Å²) < 4.78 is 12.8. The summed E-state index contributed by atoms with van der Waals surface area (Å²) in [5, 5.41) is 110. The van der Waals surface area contributed by atoms with Crippen molar-refractivity contribution in [1.82, 2.24) is 0 Å². The molecule has 0 aromatic heterocycles. The van der Waals surface area contributed by atoms with Gasteiger partial charge in [-0.05, 0) is 0 Å². The first-order valence-corrected chi connectivity index (χ1v) is 9.53. The molecule has 37 heavy (non-hydrogen) atoms. The predicted octanol–water partition coefficient (Wildman–Crippen LogP) is -7.82. The molecule has 0 aliphatic carbocycles. The second-order valence-corrected chi connectivity index (χ2v) is 6.87. The molecular weight excluding hydrogens is 556 g/mol. The number of ether oxygens (including phenoxy) is 3. The van der Waals surface area contributed by atoms with Gasteiger partial charge in [-0.25, -0.2) is 14.4 Å². The van der Waals surface area contributed by atoms with Gasteiger partial charge in [0.2, 0.25) is 0 Å². The van der Waals surface area contributed by atoms with Crippen LogP contribution in [0.2, 0.25) is 0 Å². The van der Waals surface area contributed by atoms with Crippen LogP contribution in [0.15, 0.2) is 34.6 Å². The van der Waals surface area contributed by atoms with E-state index in [4.69, 9.17) is 46.0 Å². The molecule has 0 bridgehead atoms. The molecule has 3 aliphatic rings. The molecule has 0 saturated heterocycles. The summed E-state index contributed by atoms with van der Waals surface area (Å²) >= 11 is 0. The van der Waals surface area contributed by atoms with Crippen LogP contribution in [0.1, 0.15) is 0 Å². The van der Waals surface area contributed by atoms with E-state index < -0.39 is 109 Å². The van der Waals surface area contributed by atoms with Crippen LogP contribution < -0.4 is 15.3 Å². The Morgan fingerprint density at radius 2 is 0.757 bits per heavy atom. The molecule has 0 amide bonds. The Morgan fingerprint density at radius 3 is 0.865 bits per heavy atom. The van der Waals surface area contributed by atoms with Crippen molar-refractivity contribution in [3.8, 4) is 0 Å². The number of carbonyl (C=O) groups excluding carboxylic acids is 3. The maximum Gasteiger partial charge on any atom is 3.00 e. The second-order valence-electron chi connectivity index (χ2n) is 6.87. The smallest absolute Gasteiger partial charge is 0.865 e. The minimum atomic E-state index is -1.46. The summed E-state index contributed by atoms with van der Waals surface area (Å²) in [7, 11) is 0. The fourth-order valence-electron chi connectivity index (χ4n) is 2.44. The molecule has 0 saturated carbocycles. The minimum absolute atomic E-state index is 0. The number of rotatable bonds is 6. The van der Waals surface area contributed by atoms with Crippen LogP contribution in [0, 0.1) is 0 Å². The summed E-state index contributed by atoms with van der Waals surface area (Å²) in [4.78, 5) is 31.4. The van der Waals surface area contributed by atoms with Gasteiger partial charge in [-0.15, -0.1) is 0 Å². The number of aliphatic hydroxyl groups excluding tert-OH is 9. The SMILES string of the molecule is O=C1O[C@H]([C@@H](O)CO)C(O)=C1[O-].O=C1O[C@H]([C@@H](O)CO)C(O)=C1[O-].O=C1O[C@H]([C@@H](O)CO)C(O)=C1[O-].[Cr+3]. The maximum atomic E-state index is 10.6. The van der Waals surface area contributed by atoms with Crippen molar-refractivity contribution < 1.29 is 107 Å². The van der Waals surface area contributed by atoms with Crippen LogP contribution in [0.25, 0.3) is 0 Å². The predicted molar refractivity (Wildman–Crippen MR) is 97.9 cm³/mol. The first kappa shape index (κ1) is 33.7. The van der Waals surface area contributed by atoms with Crippen molar-refractivity contribution in [2.24, 2.45) is 0 Å².